The number of benzene rings is 2. The van der Waals surface area contributed by atoms with Crippen LogP contribution in [0.2, 0.25) is 10.0 Å². The van der Waals surface area contributed by atoms with Gasteiger partial charge in [-0.25, -0.2) is 4.68 Å². The molecule has 0 saturated carbocycles. The average molecular weight is 408 g/mol. The van der Waals surface area contributed by atoms with E-state index in [0.717, 1.165) is 16.8 Å². The molecule has 0 unspecified atom stereocenters. The van der Waals surface area contributed by atoms with E-state index in [-0.39, 0.29) is 11.7 Å². The number of thioether (sulfide) groups is 1. The largest absolute Gasteiger partial charge is 0.335 e. The smallest absolute Gasteiger partial charge is 0.234 e. The summed E-state index contributed by atoms with van der Waals surface area (Å²) >= 11 is 13.0. The first kappa shape index (κ1) is 18.6. The van der Waals surface area contributed by atoms with E-state index in [1.807, 2.05) is 6.92 Å². The summed E-state index contributed by atoms with van der Waals surface area (Å²) in [5.41, 5.74) is 2.40. The molecule has 3 rings (SSSR count). The van der Waals surface area contributed by atoms with E-state index in [0.29, 0.717) is 21.0 Å². The van der Waals surface area contributed by atoms with Gasteiger partial charge in [0.1, 0.15) is 0 Å². The van der Waals surface area contributed by atoms with Crippen LogP contribution in [0.15, 0.2) is 47.6 Å². The molecule has 3 N–H and O–H groups in total. The van der Waals surface area contributed by atoms with Crippen LogP contribution < -0.4 is 11.2 Å². The lowest BCUT2D eigenvalue weighted by atomic mass is 10.2. The molecule has 0 radical (unpaired) electrons. The number of aromatic nitrogens is 3. The molecule has 0 aliphatic carbocycles. The fourth-order valence-electron chi connectivity index (χ4n) is 2.26. The topological polar surface area (TPSA) is 85.8 Å². The van der Waals surface area contributed by atoms with E-state index in [1.54, 1.807) is 42.5 Å². The summed E-state index contributed by atoms with van der Waals surface area (Å²) in [6.45, 7) is 1.88. The van der Waals surface area contributed by atoms with Crippen LogP contribution in [0.5, 0.6) is 0 Å². The monoisotopic (exact) mass is 407 g/mol. The zero-order valence-electron chi connectivity index (χ0n) is 13.7. The average Bonchev–Trinajstić information content (AvgIpc) is 2.97. The lowest BCUT2D eigenvalue weighted by Gasteiger charge is -2.08. The Morgan fingerprint density at radius 1 is 1.15 bits per heavy atom. The van der Waals surface area contributed by atoms with Gasteiger partial charge in [0.2, 0.25) is 11.1 Å². The third kappa shape index (κ3) is 4.30. The summed E-state index contributed by atoms with van der Waals surface area (Å²) in [4.78, 5) is 12.2. The number of nitrogen functional groups attached to an aromatic ring is 1. The molecule has 1 amide bonds. The van der Waals surface area contributed by atoms with Gasteiger partial charge in [-0.15, -0.1) is 10.2 Å². The SMILES string of the molecule is Cc1cc(Cl)ccc1NC(=O)CSc1nnc(-c2ccc(Cl)cc2)n1N. The summed E-state index contributed by atoms with van der Waals surface area (Å²) in [5, 5.41) is 12.7. The highest BCUT2D eigenvalue weighted by Gasteiger charge is 2.14. The van der Waals surface area contributed by atoms with E-state index in [4.69, 9.17) is 29.0 Å². The highest BCUT2D eigenvalue weighted by atomic mass is 35.5. The summed E-state index contributed by atoms with van der Waals surface area (Å²) in [6.07, 6.45) is 0. The van der Waals surface area contributed by atoms with E-state index in [2.05, 4.69) is 15.5 Å². The maximum atomic E-state index is 12.2. The van der Waals surface area contributed by atoms with Gasteiger partial charge in [0.25, 0.3) is 0 Å². The zero-order chi connectivity index (χ0) is 18.7. The Hall–Kier alpha value is -2.22. The molecule has 0 aliphatic rings. The Balaban J connectivity index is 1.64. The second-order valence-corrected chi connectivity index (χ2v) is 7.29. The van der Waals surface area contributed by atoms with Crippen LogP contribution in [0.25, 0.3) is 11.4 Å². The van der Waals surface area contributed by atoms with Gasteiger partial charge in [0.05, 0.1) is 5.75 Å². The van der Waals surface area contributed by atoms with Gasteiger partial charge >= 0.3 is 0 Å². The molecule has 2 aromatic carbocycles. The van der Waals surface area contributed by atoms with Crippen molar-refractivity contribution in [2.45, 2.75) is 12.1 Å². The van der Waals surface area contributed by atoms with Gasteiger partial charge in [-0.05, 0) is 55.0 Å². The normalized spacial score (nSPS) is 10.7. The van der Waals surface area contributed by atoms with Gasteiger partial charge in [-0.3, -0.25) is 4.79 Å². The fourth-order valence-corrected chi connectivity index (χ4v) is 3.26. The van der Waals surface area contributed by atoms with Crippen LogP contribution >= 0.6 is 35.0 Å². The van der Waals surface area contributed by atoms with Gasteiger partial charge in [0.15, 0.2) is 5.82 Å². The highest BCUT2D eigenvalue weighted by Crippen LogP contribution is 2.24. The summed E-state index contributed by atoms with van der Waals surface area (Å²) in [7, 11) is 0. The standard InChI is InChI=1S/C17H15Cl2N5OS/c1-10-8-13(19)6-7-14(10)21-15(25)9-26-17-23-22-16(24(17)20)11-2-4-12(18)5-3-11/h2-8H,9,20H2,1H3,(H,21,25). The minimum Gasteiger partial charge on any atom is -0.335 e. The Kier molecular flexibility index (Phi) is 5.70. The van der Waals surface area contributed by atoms with Crippen LogP contribution in [0.4, 0.5) is 5.69 Å². The third-order valence-electron chi connectivity index (χ3n) is 3.56. The molecule has 0 saturated heterocycles. The Morgan fingerprint density at radius 3 is 2.54 bits per heavy atom. The van der Waals surface area contributed by atoms with Gasteiger partial charge in [-0.2, -0.15) is 0 Å². The third-order valence-corrected chi connectivity index (χ3v) is 4.99. The molecule has 1 heterocycles. The van der Waals surface area contributed by atoms with Crippen molar-refractivity contribution in [1.82, 2.24) is 14.9 Å². The van der Waals surface area contributed by atoms with Crippen molar-refractivity contribution in [2.75, 3.05) is 16.9 Å². The predicted octanol–water partition coefficient (Wildman–Crippen LogP) is 4.00. The van der Waals surface area contributed by atoms with Crippen molar-refractivity contribution in [1.29, 1.82) is 0 Å². The van der Waals surface area contributed by atoms with E-state index >= 15 is 0 Å². The van der Waals surface area contributed by atoms with Crippen molar-refractivity contribution < 1.29 is 4.79 Å². The lowest BCUT2D eigenvalue weighted by molar-refractivity contribution is -0.113. The summed E-state index contributed by atoms with van der Waals surface area (Å²) in [5.74, 6) is 6.52. The number of nitrogens with zero attached hydrogens (tertiary/aromatic N) is 3. The molecule has 6 nitrogen and oxygen atoms in total. The van der Waals surface area contributed by atoms with Crippen LogP contribution in [-0.4, -0.2) is 26.5 Å². The van der Waals surface area contributed by atoms with Gasteiger partial charge in [-0.1, -0.05) is 35.0 Å². The van der Waals surface area contributed by atoms with E-state index < -0.39 is 0 Å². The van der Waals surface area contributed by atoms with Crippen LogP contribution in [0.3, 0.4) is 0 Å². The number of nitrogens with two attached hydrogens (primary N) is 1. The second-order valence-electron chi connectivity index (χ2n) is 5.48. The second kappa shape index (κ2) is 7.99. The molecule has 9 heteroatoms. The van der Waals surface area contributed by atoms with Crippen molar-refractivity contribution in [3.05, 3.63) is 58.1 Å². The lowest BCUT2D eigenvalue weighted by Crippen LogP contribution is -2.17. The molecule has 3 aromatic rings. The number of nitrogens with one attached hydrogen (secondary N) is 1. The molecule has 0 fully saturated rings. The maximum absolute atomic E-state index is 12.2. The maximum Gasteiger partial charge on any atom is 0.234 e. The summed E-state index contributed by atoms with van der Waals surface area (Å²) < 4.78 is 1.36. The molecular weight excluding hydrogens is 393 g/mol. The Labute approximate surface area is 164 Å². The predicted molar refractivity (Wildman–Crippen MR) is 106 cm³/mol. The number of hydrogen-bond acceptors (Lipinski definition) is 5. The van der Waals surface area contributed by atoms with Crippen molar-refractivity contribution >= 4 is 46.6 Å². The van der Waals surface area contributed by atoms with Gasteiger partial charge in [0, 0.05) is 21.3 Å². The van der Waals surface area contributed by atoms with Crippen molar-refractivity contribution in [3.8, 4) is 11.4 Å². The first-order valence-electron chi connectivity index (χ1n) is 7.59. The zero-order valence-corrected chi connectivity index (χ0v) is 16.1. The number of aryl methyl sites for hydroxylation is 1. The van der Waals surface area contributed by atoms with Crippen molar-refractivity contribution in [3.63, 3.8) is 0 Å². The van der Waals surface area contributed by atoms with E-state index in [9.17, 15) is 4.79 Å². The van der Waals surface area contributed by atoms with Gasteiger partial charge < -0.3 is 11.2 Å². The molecule has 0 atom stereocenters. The molecule has 26 heavy (non-hydrogen) atoms. The minimum atomic E-state index is -0.170. The Morgan fingerprint density at radius 2 is 1.85 bits per heavy atom. The fraction of sp³-hybridized carbons (Fsp3) is 0.118. The number of hydrogen-bond donors (Lipinski definition) is 2. The number of rotatable bonds is 5. The molecule has 0 spiro atoms. The number of anilines is 1. The summed E-state index contributed by atoms with van der Waals surface area (Å²) in [6, 6.07) is 12.4. The molecule has 1 aromatic heterocycles. The molecular formula is C17H15Cl2N5OS. The van der Waals surface area contributed by atoms with Crippen molar-refractivity contribution in [2.24, 2.45) is 0 Å². The number of carbonyl (C=O) groups excluding carboxylic acids is 1. The first-order chi connectivity index (χ1) is 12.4. The van der Waals surface area contributed by atoms with Crippen LogP contribution in [0.1, 0.15) is 5.56 Å². The molecule has 134 valence electrons. The molecule has 0 bridgehead atoms. The minimum absolute atomic E-state index is 0.151. The Bertz CT molecular complexity index is 943. The van der Waals surface area contributed by atoms with Crippen LogP contribution in [-0.2, 0) is 4.79 Å². The molecule has 0 aliphatic heterocycles. The number of carbonyl (C=O) groups is 1. The first-order valence-corrected chi connectivity index (χ1v) is 9.33. The van der Waals surface area contributed by atoms with Crippen LogP contribution in [0, 0.1) is 6.92 Å². The number of amides is 1. The quantitative estimate of drug-likeness (QED) is 0.492. The number of halogens is 2. The highest BCUT2D eigenvalue weighted by molar-refractivity contribution is 7.99. The van der Waals surface area contributed by atoms with E-state index in [1.165, 1.54) is 16.4 Å².